The second-order valence-electron chi connectivity index (χ2n) is 4.93. The lowest BCUT2D eigenvalue weighted by atomic mass is 9.89. The number of ether oxygens (including phenoxy) is 1. The quantitative estimate of drug-likeness (QED) is 0.896. The summed E-state index contributed by atoms with van der Waals surface area (Å²) in [4.78, 5) is 4.36. The third-order valence-corrected chi connectivity index (χ3v) is 3.78. The van der Waals surface area contributed by atoms with E-state index in [0.717, 1.165) is 35.6 Å². The third-order valence-electron chi connectivity index (χ3n) is 3.78. The van der Waals surface area contributed by atoms with Gasteiger partial charge in [0.1, 0.15) is 5.75 Å². The molecule has 2 N–H and O–H groups in total. The normalized spacial score (nSPS) is 17.7. The van der Waals surface area contributed by atoms with Gasteiger partial charge in [-0.3, -0.25) is 4.98 Å². The van der Waals surface area contributed by atoms with Crippen molar-refractivity contribution in [2.24, 2.45) is 5.73 Å². The molecule has 1 unspecified atom stereocenters. The Morgan fingerprint density at radius 3 is 2.89 bits per heavy atom. The molecule has 19 heavy (non-hydrogen) atoms. The van der Waals surface area contributed by atoms with Gasteiger partial charge in [0.15, 0.2) is 0 Å². The highest BCUT2D eigenvalue weighted by atomic mass is 16.5. The smallest absolute Gasteiger partial charge is 0.130 e. The van der Waals surface area contributed by atoms with Crippen molar-refractivity contribution >= 4 is 0 Å². The number of nitrogens with zero attached hydrogens (tertiary/aromatic N) is 1. The number of nitrogens with two attached hydrogens (primary N) is 1. The number of para-hydroxylation sites is 1. The van der Waals surface area contributed by atoms with Crippen molar-refractivity contribution in [2.45, 2.75) is 19.3 Å². The molecule has 1 aromatic heterocycles. The first-order chi connectivity index (χ1) is 9.31. The van der Waals surface area contributed by atoms with Gasteiger partial charge in [-0.15, -0.1) is 0 Å². The van der Waals surface area contributed by atoms with Crippen LogP contribution in [0.25, 0.3) is 11.1 Å². The van der Waals surface area contributed by atoms with E-state index in [0.29, 0.717) is 12.5 Å². The van der Waals surface area contributed by atoms with Crippen molar-refractivity contribution in [1.82, 2.24) is 4.98 Å². The summed E-state index contributed by atoms with van der Waals surface area (Å²) in [6, 6.07) is 10.4. The zero-order chi connectivity index (χ0) is 13.2. The van der Waals surface area contributed by atoms with Crippen LogP contribution in [0.15, 0.2) is 36.5 Å². The van der Waals surface area contributed by atoms with E-state index >= 15 is 0 Å². The molecule has 0 aliphatic carbocycles. The summed E-state index contributed by atoms with van der Waals surface area (Å²) in [6.45, 7) is 3.44. The third kappa shape index (κ3) is 2.10. The van der Waals surface area contributed by atoms with E-state index in [1.165, 1.54) is 5.56 Å². The van der Waals surface area contributed by atoms with Gasteiger partial charge >= 0.3 is 0 Å². The lowest BCUT2D eigenvalue weighted by molar-refractivity contribution is 0.270. The number of pyridine rings is 1. The van der Waals surface area contributed by atoms with E-state index < -0.39 is 0 Å². The molecule has 2 heterocycles. The minimum atomic E-state index is 0.403. The van der Waals surface area contributed by atoms with E-state index in [2.05, 4.69) is 29.2 Å². The molecule has 3 nitrogen and oxygen atoms in total. The van der Waals surface area contributed by atoms with Crippen LogP contribution in [0.5, 0.6) is 5.75 Å². The molecular formula is C16H18N2O. The van der Waals surface area contributed by atoms with Gasteiger partial charge in [-0.25, -0.2) is 0 Å². The number of fused-ring (bicyclic) bond motifs is 1. The Morgan fingerprint density at radius 1 is 1.26 bits per heavy atom. The topological polar surface area (TPSA) is 48.1 Å². The first-order valence-corrected chi connectivity index (χ1v) is 6.69. The van der Waals surface area contributed by atoms with Crippen molar-refractivity contribution in [3.63, 3.8) is 0 Å². The maximum atomic E-state index is 5.91. The van der Waals surface area contributed by atoms with Crippen LogP contribution in [-0.2, 0) is 0 Å². The Balaban J connectivity index is 2.16. The van der Waals surface area contributed by atoms with E-state index in [4.69, 9.17) is 10.5 Å². The molecule has 0 bridgehead atoms. The molecule has 0 amide bonds. The number of hydrogen-bond acceptors (Lipinski definition) is 3. The van der Waals surface area contributed by atoms with Gasteiger partial charge in [0.05, 0.1) is 6.61 Å². The van der Waals surface area contributed by atoms with Crippen LogP contribution in [0.4, 0.5) is 0 Å². The SMILES string of the molecule is Cc1ncccc1-c1cccc2c1OCCC2CN. The van der Waals surface area contributed by atoms with Gasteiger partial charge in [0.25, 0.3) is 0 Å². The molecule has 0 radical (unpaired) electrons. The average molecular weight is 254 g/mol. The second-order valence-corrected chi connectivity index (χ2v) is 4.93. The summed E-state index contributed by atoms with van der Waals surface area (Å²) in [7, 11) is 0. The van der Waals surface area contributed by atoms with Crippen LogP contribution >= 0.6 is 0 Å². The van der Waals surface area contributed by atoms with Crippen molar-refractivity contribution in [3.05, 3.63) is 47.8 Å². The van der Waals surface area contributed by atoms with E-state index in [9.17, 15) is 0 Å². The van der Waals surface area contributed by atoms with E-state index in [1.807, 2.05) is 19.2 Å². The lowest BCUT2D eigenvalue weighted by Gasteiger charge is -2.27. The summed E-state index contributed by atoms with van der Waals surface area (Å²) in [5.74, 6) is 1.39. The standard InChI is InChI=1S/C16H18N2O/c1-11-13(6-3-8-18-11)15-5-2-4-14-12(10-17)7-9-19-16(14)15/h2-6,8,12H,7,9-10,17H2,1H3. The molecular weight excluding hydrogens is 236 g/mol. The number of hydrogen-bond donors (Lipinski definition) is 1. The van der Waals surface area contributed by atoms with Crippen molar-refractivity contribution in [3.8, 4) is 16.9 Å². The minimum Gasteiger partial charge on any atom is -0.493 e. The van der Waals surface area contributed by atoms with Gasteiger partial charge in [-0.05, 0) is 31.5 Å². The lowest BCUT2D eigenvalue weighted by Crippen LogP contribution is -2.21. The molecule has 1 aromatic carbocycles. The largest absolute Gasteiger partial charge is 0.493 e. The average Bonchev–Trinajstić information content (AvgIpc) is 2.46. The van der Waals surface area contributed by atoms with Crippen LogP contribution < -0.4 is 10.5 Å². The number of aryl methyl sites for hydroxylation is 1. The van der Waals surface area contributed by atoms with Gasteiger partial charge in [0, 0.05) is 28.9 Å². The number of benzene rings is 1. The summed E-state index contributed by atoms with van der Waals surface area (Å²) in [6.07, 6.45) is 2.82. The predicted octanol–water partition coefficient (Wildman–Crippen LogP) is 2.88. The molecule has 0 fully saturated rings. The van der Waals surface area contributed by atoms with Crippen LogP contribution in [0.1, 0.15) is 23.6 Å². The predicted molar refractivity (Wildman–Crippen MR) is 76.3 cm³/mol. The molecule has 2 aromatic rings. The van der Waals surface area contributed by atoms with Crippen LogP contribution in [0, 0.1) is 6.92 Å². The summed E-state index contributed by atoms with van der Waals surface area (Å²) in [5.41, 5.74) is 10.4. The first kappa shape index (κ1) is 12.2. The Kier molecular flexibility index (Phi) is 3.22. The summed E-state index contributed by atoms with van der Waals surface area (Å²) >= 11 is 0. The van der Waals surface area contributed by atoms with Crippen LogP contribution in [0.3, 0.4) is 0 Å². The fraction of sp³-hybridized carbons (Fsp3) is 0.312. The number of rotatable bonds is 2. The first-order valence-electron chi connectivity index (χ1n) is 6.69. The maximum absolute atomic E-state index is 5.91. The zero-order valence-electron chi connectivity index (χ0n) is 11.1. The Hall–Kier alpha value is -1.87. The van der Waals surface area contributed by atoms with E-state index in [1.54, 1.807) is 0 Å². The second kappa shape index (κ2) is 5.02. The fourth-order valence-electron chi connectivity index (χ4n) is 2.72. The summed E-state index contributed by atoms with van der Waals surface area (Å²) in [5, 5.41) is 0. The van der Waals surface area contributed by atoms with Crippen molar-refractivity contribution in [2.75, 3.05) is 13.2 Å². The monoisotopic (exact) mass is 254 g/mol. The van der Waals surface area contributed by atoms with Crippen LogP contribution in [0.2, 0.25) is 0 Å². The molecule has 0 saturated carbocycles. The molecule has 1 aliphatic rings. The highest BCUT2D eigenvalue weighted by Gasteiger charge is 2.23. The molecule has 1 aliphatic heterocycles. The highest BCUT2D eigenvalue weighted by Crippen LogP contribution is 2.41. The number of aromatic nitrogens is 1. The van der Waals surface area contributed by atoms with Crippen LogP contribution in [-0.4, -0.2) is 18.1 Å². The molecule has 1 atom stereocenters. The summed E-state index contributed by atoms with van der Waals surface area (Å²) < 4.78 is 5.91. The fourth-order valence-corrected chi connectivity index (χ4v) is 2.72. The minimum absolute atomic E-state index is 0.403. The molecule has 3 rings (SSSR count). The molecule has 98 valence electrons. The Morgan fingerprint density at radius 2 is 2.11 bits per heavy atom. The molecule has 3 heteroatoms. The van der Waals surface area contributed by atoms with Gasteiger partial charge in [-0.1, -0.05) is 24.3 Å². The maximum Gasteiger partial charge on any atom is 0.130 e. The van der Waals surface area contributed by atoms with Gasteiger partial charge < -0.3 is 10.5 Å². The van der Waals surface area contributed by atoms with Crippen molar-refractivity contribution < 1.29 is 4.74 Å². The Bertz CT molecular complexity index is 595. The molecule has 0 saturated heterocycles. The Labute approximate surface area is 113 Å². The van der Waals surface area contributed by atoms with Gasteiger partial charge in [0.2, 0.25) is 0 Å². The van der Waals surface area contributed by atoms with E-state index in [-0.39, 0.29) is 0 Å². The molecule has 0 spiro atoms. The van der Waals surface area contributed by atoms with Crippen molar-refractivity contribution in [1.29, 1.82) is 0 Å². The zero-order valence-corrected chi connectivity index (χ0v) is 11.1. The highest BCUT2D eigenvalue weighted by molar-refractivity contribution is 5.74. The van der Waals surface area contributed by atoms with Gasteiger partial charge in [-0.2, -0.15) is 0 Å².